The first kappa shape index (κ1) is 15.3. The Morgan fingerprint density at radius 3 is 2.33 bits per heavy atom. The molecule has 0 aliphatic heterocycles. The molecule has 5 nitrogen and oxygen atoms in total. The van der Waals surface area contributed by atoms with E-state index >= 15 is 0 Å². The van der Waals surface area contributed by atoms with Gasteiger partial charge in [-0.2, -0.15) is 4.98 Å². The van der Waals surface area contributed by atoms with Gasteiger partial charge in [0, 0.05) is 35.9 Å². The average molecular weight is 306 g/mol. The van der Waals surface area contributed by atoms with Gasteiger partial charge in [0.2, 0.25) is 5.88 Å². The van der Waals surface area contributed by atoms with E-state index in [4.69, 9.17) is 16.3 Å². The van der Waals surface area contributed by atoms with Gasteiger partial charge in [-0.3, -0.25) is 0 Å². The zero-order valence-corrected chi connectivity index (χ0v) is 13.1. The van der Waals surface area contributed by atoms with E-state index in [0.717, 1.165) is 16.8 Å². The second-order valence-corrected chi connectivity index (χ2v) is 5.27. The monoisotopic (exact) mass is 305 g/mol. The molecule has 6 heteroatoms. The third-order valence-corrected chi connectivity index (χ3v) is 3.25. The Bertz CT molecular complexity index is 669. The molecule has 0 unspecified atom stereocenters. The van der Waals surface area contributed by atoms with Gasteiger partial charge in [-0.15, -0.1) is 0 Å². The lowest BCUT2D eigenvalue weighted by atomic mass is 10.2. The van der Waals surface area contributed by atoms with Crippen molar-refractivity contribution < 1.29 is 9.53 Å². The lowest BCUT2D eigenvalue weighted by molar-refractivity contribution is 0.169. The molecule has 1 amide bonds. The van der Waals surface area contributed by atoms with Crippen molar-refractivity contribution in [3.63, 3.8) is 0 Å². The molecule has 0 atom stereocenters. The maximum Gasteiger partial charge on any atom is 0.416 e. The average Bonchev–Trinajstić information content (AvgIpc) is 2.44. The molecule has 1 aromatic carbocycles. The highest BCUT2D eigenvalue weighted by molar-refractivity contribution is 6.30. The van der Waals surface area contributed by atoms with Crippen LogP contribution in [0.5, 0.6) is 5.88 Å². The molecular weight excluding hydrogens is 290 g/mol. The highest BCUT2D eigenvalue weighted by atomic mass is 35.5. The van der Waals surface area contributed by atoms with Crippen molar-refractivity contribution in [1.29, 1.82) is 0 Å². The summed E-state index contributed by atoms with van der Waals surface area (Å²) in [6.07, 6.45) is -0.474. The minimum absolute atomic E-state index is 0.270. The number of amides is 1. The number of hydrogen-bond acceptors (Lipinski definition) is 4. The van der Waals surface area contributed by atoms with Gasteiger partial charge in [0.05, 0.1) is 0 Å². The number of benzene rings is 1. The normalized spacial score (nSPS) is 10.3. The number of hydrogen-bond donors (Lipinski definition) is 0. The summed E-state index contributed by atoms with van der Waals surface area (Å²) >= 11 is 5.87. The number of ether oxygens (including phenoxy) is 1. The molecule has 2 rings (SSSR count). The van der Waals surface area contributed by atoms with E-state index in [9.17, 15) is 4.79 Å². The molecule has 0 spiro atoms. The second kappa shape index (κ2) is 6.10. The Morgan fingerprint density at radius 1 is 1.14 bits per heavy atom. The van der Waals surface area contributed by atoms with Crippen LogP contribution in [-0.4, -0.2) is 35.1 Å². The smallest absolute Gasteiger partial charge is 0.391 e. The SMILES string of the molecule is Cc1nc(-c2ccc(Cl)cc2)nc(OC(=O)N(C)C)c1C. The molecule has 0 saturated heterocycles. The summed E-state index contributed by atoms with van der Waals surface area (Å²) in [5, 5.41) is 0.641. The maximum absolute atomic E-state index is 11.7. The number of nitrogens with zero attached hydrogens (tertiary/aromatic N) is 3. The van der Waals surface area contributed by atoms with E-state index in [2.05, 4.69) is 9.97 Å². The van der Waals surface area contributed by atoms with Gasteiger partial charge in [0.15, 0.2) is 5.82 Å². The van der Waals surface area contributed by atoms with E-state index in [1.165, 1.54) is 4.90 Å². The predicted molar refractivity (Wildman–Crippen MR) is 81.7 cm³/mol. The van der Waals surface area contributed by atoms with Crippen molar-refractivity contribution in [2.45, 2.75) is 13.8 Å². The standard InChI is InChI=1S/C15H16ClN3O2/c1-9-10(2)17-13(11-5-7-12(16)8-6-11)18-14(9)21-15(20)19(3)4/h5-8H,1-4H3. The molecule has 0 fully saturated rings. The van der Waals surface area contributed by atoms with Crippen molar-refractivity contribution in [3.8, 4) is 17.3 Å². The first-order chi connectivity index (χ1) is 9.88. The van der Waals surface area contributed by atoms with E-state index in [0.29, 0.717) is 10.8 Å². The third-order valence-electron chi connectivity index (χ3n) is 3.00. The first-order valence-corrected chi connectivity index (χ1v) is 6.76. The summed E-state index contributed by atoms with van der Waals surface area (Å²) in [6.45, 7) is 3.67. The van der Waals surface area contributed by atoms with E-state index in [1.807, 2.05) is 26.0 Å². The highest BCUT2D eigenvalue weighted by Gasteiger charge is 2.15. The van der Waals surface area contributed by atoms with Crippen LogP contribution in [0.3, 0.4) is 0 Å². The topological polar surface area (TPSA) is 55.3 Å². The minimum atomic E-state index is -0.474. The van der Waals surface area contributed by atoms with Gasteiger partial charge >= 0.3 is 6.09 Å². The van der Waals surface area contributed by atoms with Gasteiger partial charge in [-0.05, 0) is 38.1 Å². The fraction of sp³-hybridized carbons (Fsp3) is 0.267. The molecule has 0 aliphatic rings. The van der Waals surface area contributed by atoms with Crippen molar-refractivity contribution in [2.75, 3.05) is 14.1 Å². The van der Waals surface area contributed by atoms with Gasteiger partial charge in [0.1, 0.15) is 0 Å². The summed E-state index contributed by atoms with van der Waals surface area (Å²) in [4.78, 5) is 21.8. The van der Waals surface area contributed by atoms with Crippen LogP contribution in [0.2, 0.25) is 5.02 Å². The zero-order valence-electron chi connectivity index (χ0n) is 12.3. The molecule has 0 saturated carbocycles. The maximum atomic E-state index is 11.7. The van der Waals surface area contributed by atoms with Gasteiger partial charge in [-0.25, -0.2) is 9.78 Å². The van der Waals surface area contributed by atoms with Crippen molar-refractivity contribution in [2.24, 2.45) is 0 Å². The fourth-order valence-electron chi connectivity index (χ4n) is 1.60. The van der Waals surface area contributed by atoms with Crippen molar-refractivity contribution in [1.82, 2.24) is 14.9 Å². The highest BCUT2D eigenvalue weighted by Crippen LogP contribution is 2.24. The van der Waals surface area contributed by atoms with E-state index in [1.54, 1.807) is 26.2 Å². The minimum Gasteiger partial charge on any atom is -0.391 e. The van der Waals surface area contributed by atoms with Gasteiger partial charge in [0.25, 0.3) is 0 Å². The number of halogens is 1. The summed E-state index contributed by atoms with van der Waals surface area (Å²) < 4.78 is 5.28. The molecule has 110 valence electrons. The number of carbonyl (C=O) groups is 1. The largest absolute Gasteiger partial charge is 0.416 e. The Labute approximate surface area is 128 Å². The number of aryl methyl sites for hydroxylation is 1. The Kier molecular flexibility index (Phi) is 4.43. The summed E-state index contributed by atoms with van der Waals surface area (Å²) in [5.74, 6) is 0.766. The molecule has 1 aromatic heterocycles. The van der Waals surface area contributed by atoms with Crippen LogP contribution in [0.25, 0.3) is 11.4 Å². The molecular formula is C15H16ClN3O2. The van der Waals surface area contributed by atoms with E-state index < -0.39 is 6.09 Å². The van der Waals surface area contributed by atoms with Crippen LogP contribution >= 0.6 is 11.6 Å². The van der Waals surface area contributed by atoms with Crippen LogP contribution in [0.1, 0.15) is 11.3 Å². The quantitative estimate of drug-likeness (QED) is 0.852. The first-order valence-electron chi connectivity index (χ1n) is 6.39. The predicted octanol–water partition coefficient (Wildman–Crippen LogP) is 3.47. The third kappa shape index (κ3) is 3.49. The summed E-state index contributed by atoms with van der Waals surface area (Å²) in [7, 11) is 3.23. The molecule has 0 bridgehead atoms. The van der Waals surface area contributed by atoms with Gasteiger partial charge < -0.3 is 9.64 Å². The Hall–Kier alpha value is -2.14. The molecule has 1 heterocycles. The van der Waals surface area contributed by atoms with Crippen molar-refractivity contribution >= 4 is 17.7 Å². The molecule has 2 aromatic rings. The van der Waals surface area contributed by atoms with Gasteiger partial charge in [-0.1, -0.05) is 11.6 Å². The van der Waals surface area contributed by atoms with E-state index in [-0.39, 0.29) is 5.88 Å². The fourth-order valence-corrected chi connectivity index (χ4v) is 1.73. The van der Waals surface area contributed by atoms with Crippen LogP contribution in [0.15, 0.2) is 24.3 Å². The van der Waals surface area contributed by atoms with Crippen LogP contribution in [0.4, 0.5) is 4.79 Å². The zero-order chi connectivity index (χ0) is 15.6. The molecule has 0 aliphatic carbocycles. The lowest BCUT2D eigenvalue weighted by Crippen LogP contribution is -2.26. The molecule has 0 radical (unpaired) electrons. The molecule has 21 heavy (non-hydrogen) atoms. The number of aromatic nitrogens is 2. The summed E-state index contributed by atoms with van der Waals surface area (Å²) in [5.41, 5.74) is 2.31. The number of carbonyl (C=O) groups excluding carboxylic acids is 1. The van der Waals surface area contributed by atoms with Crippen LogP contribution in [0, 0.1) is 13.8 Å². The lowest BCUT2D eigenvalue weighted by Gasteiger charge is -2.13. The Balaban J connectivity index is 2.43. The summed E-state index contributed by atoms with van der Waals surface area (Å²) in [6, 6.07) is 7.18. The number of rotatable bonds is 2. The van der Waals surface area contributed by atoms with Crippen molar-refractivity contribution in [3.05, 3.63) is 40.5 Å². The molecule has 0 N–H and O–H groups in total. The van der Waals surface area contributed by atoms with Crippen LogP contribution in [-0.2, 0) is 0 Å². The second-order valence-electron chi connectivity index (χ2n) is 4.83. The van der Waals surface area contributed by atoms with Crippen LogP contribution < -0.4 is 4.74 Å². The Morgan fingerprint density at radius 2 is 1.76 bits per heavy atom.